The Balaban J connectivity index is 1.91. The summed E-state index contributed by atoms with van der Waals surface area (Å²) in [5.74, 6) is 1.03. The first-order valence-corrected chi connectivity index (χ1v) is 6.55. The predicted molar refractivity (Wildman–Crippen MR) is 70.6 cm³/mol. The SMILES string of the molecule is CC(c1nncn1-c1ccccc1)N1CCCC1. The number of rotatable bonds is 3. The molecule has 0 radical (unpaired) electrons. The Kier molecular flexibility index (Phi) is 3.11. The summed E-state index contributed by atoms with van der Waals surface area (Å²) in [5.41, 5.74) is 1.13. The van der Waals surface area contributed by atoms with Crippen LogP contribution in [-0.2, 0) is 0 Å². The topological polar surface area (TPSA) is 34.0 Å². The van der Waals surface area contributed by atoms with Gasteiger partial charge >= 0.3 is 0 Å². The van der Waals surface area contributed by atoms with Gasteiger partial charge < -0.3 is 0 Å². The molecule has 1 aromatic heterocycles. The van der Waals surface area contributed by atoms with Crippen LogP contribution < -0.4 is 0 Å². The van der Waals surface area contributed by atoms with E-state index in [-0.39, 0.29) is 0 Å². The molecule has 18 heavy (non-hydrogen) atoms. The lowest BCUT2D eigenvalue weighted by Gasteiger charge is -2.23. The maximum Gasteiger partial charge on any atom is 0.154 e. The van der Waals surface area contributed by atoms with Crippen LogP contribution >= 0.6 is 0 Å². The van der Waals surface area contributed by atoms with E-state index in [2.05, 4.69) is 38.7 Å². The molecule has 1 aliphatic rings. The summed E-state index contributed by atoms with van der Waals surface area (Å²) in [6.45, 7) is 4.56. The van der Waals surface area contributed by atoms with Gasteiger partial charge in [0.25, 0.3) is 0 Å². The molecule has 0 N–H and O–H groups in total. The van der Waals surface area contributed by atoms with Crippen LogP contribution in [0.15, 0.2) is 36.7 Å². The van der Waals surface area contributed by atoms with Crippen molar-refractivity contribution in [3.63, 3.8) is 0 Å². The van der Waals surface area contributed by atoms with Gasteiger partial charge in [0, 0.05) is 5.69 Å². The lowest BCUT2D eigenvalue weighted by Crippen LogP contribution is -2.25. The number of para-hydroxylation sites is 1. The Morgan fingerprint density at radius 3 is 2.56 bits per heavy atom. The van der Waals surface area contributed by atoms with Crippen molar-refractivity contribution in [1.29, 1.82) is 0 Å². The molecule has 1 aliphatic heterocycles. The first-order chi connectivity index (χ1) is 8.86. The monoisotopic (exact) mass is 242 g/mol. The molecule has 2 aromatic rings. The van der Waals surface area contributed by atoms with Crippen molar-refractivity contribution < 1.29 is 0 Å². The molecule has 0 aliphatic carbocycles. The molecule has 0 spiro atoms. The van der Waals surface area contributed by atoms with E-state index in [4.69, 9.17) is 0 Å². The first-order valence-electron chi connectivity index (χ1n) is 6.55. The van der Waals surface area contributed by atoms with Gasteiger partial charge in [-0.1, -0.05) is 18.2 Å². The molecule has 4 nitrogen and oxygen atoms in total. The minimum Gasteiger partial charge on any atom is -0.294 e. The fourth-order valence-electron chi connectivity index (χ4n) is 2.61. The van der Waals surface area contributed by atoms with Gasteiger partial charge in [0.05, 0.1) is 6.04 Å². The number of likely N-dealkylation sites (tertiary alicyclic amines) is 1. The summed E-state index contributed by atoms with van der Waals surface area (Å²) in [5, 5.41) is 8.39. The van der Waals surface area contributed by atoms with Crippen molar-refractivity contribution >= 4 is 0 Å². The number of hydrogen-bond donors (Lipinski definition) is 0. The van der Waals surface area contributed by atoms with Crippen LogP contribution in [0.3, 0.4) is 0 Å². The number of benzene rings is 1. The smallest absolute Gasteiger partial charge is 0.154 e. The Bertz CT molecular complexity index is 500. The fourth-order valence-corrected chi connectivity index (χ4v) is 2.61. The zero-order chi connectivity index (χ0) is 12.4. The van der Waals surface area contributed by atoms with Gasteiger partial charge in [-0.3, -0.25) is 9.47 Å². The average Bonchev–Trinajstić information content (AvgIpc) is 3.10. The molecular weight excluding hydrogens is 224 g/mol. The Morgan fingerprint density at radius 2 is 1.83 bits per heavy atom. The Labute approximate surface area is 107 Å². The van der Waals surface area contributed by atoms with Crippen LogP contribution in [0.25, 0.3) is 5.69 Å². The second-order valence-electron chi connectivity index (χ2n) is 4.81. The Hall–Kier alpha value is -1.68. The summed E-state index contributed by atoms with van der Waals surface area (Å²) in [6, 6.07) is 10.6. The van der Waals surface area contributed by atoms with Gasteiger partial charge in [0.2, 0.25) is 0 Å². The summed E-state index contributed by atoms with van der Waals surface area (Å²) in [7, 11) is 0. The predicted octanol–water partition coefficient (Wildman–Crippen LogP) is 2.42. The van der Waals surface area contributed by atoms with E-state index in [1.165, 1.54) is 25.9 Å². The molecule has 1 fully saturated rings. The third kappa shape index (κ3) is 2.04. The van der Waals surface area contributed by atoms with Crippen LogP contribution in [0.5, 0.6) is 0 Å². The quantitative estimate of drug-likeness (QED) is 0.829. The van der Waals surface area contributed by atoms with Crippen molar-refractivity contribution in [2.45, 2.75) is 25.8 Å². The summed E-state index contributed by atoms with van der Waals surface area (Å²) in [4.78, 5) is 2.48. The highest BCUT2D eigenvalue weighted by Gasteiger charge is 2.23. The van der Waals surface area contributed by atoms with Gasteiger partial charge in [-0.15, -0.1) is 10.2 Å². The third-order valence-corrected chi connectivity index (χ3v) is 3.67. The van der Waals surface area contributed by atoms with Gasteiger partial charge in [0.15, 0.2) is 5.82 Å². The largest absolute Gasteiger partial charge is 0.294 e. The molecular formula is C14H18N4. The highest BCUT2D eigenvalue weighted by Crippen LogP contribution is 2.24. The molecule has 3 rings (SSSR count). The molecule has 1 unspecified atom stereocenters. The molecule has 0 saturated carbocycles. The minimum atomic E-state index is 0.329. The van der Waals surface area contributed by atoms with Gasteiger partial charge in [0.1, 0.15) is 6.33 Å². The lowest BCUT2D eigenvalue weighted by molar-refractivity contribution is 0.251. The minimum absolute atomic E-state index is 0.329. The van der Waals surface area contributed by atoms with Crippen molar-refractivity contribution in [2.75, 3.05) is 13.1 Å². The van der Waals surface area contributed by atoms with E-state index in [0.29, 0.717) is 6.04 Å². The maximum absolute atomic E-state index is 4.31. The van der Waals surface area contributed by atoms with Crippen LogP contribution in [0.2, 0.25) is 0 Å². The van der Waals surface area contributed by atoms with Crippen LogP contribution in [0, 0.1) is 0 Å². The Morgan fingerprint density at radius 1 is 1.11 bits per heavy atom. The highest BCUT2D eigenvalue weighted by atomic mass is 15.3. The molecule has 94 valence electrons. The number of nitrogens with zero attached hydrogens (tertiary/aromatic N) is 4. The maximum atomic E-state index is 4.31. The van der Waals surface area contributed by atoms with Gasteiger partial charge in [-0.25, -0.2) is 0 Å². The first kappa shape index (κ1) is 11.4. The van der Waals surface area contributed by atoms with E-state index in [1.54, 1.807) is 6.33 Å². The van der Waals surface area contributed by atoms with Crippen molar-refractivity contribution in [1.82, 2.24) is 19.7 Å². The molecule has 0 amide bonds. The van der Waals surface area contributed by atoms with Crippen molar-refractivity contribution in [3.05, 3.63) is 42.5 Å². The normalized spacial score (nSPS) is 18.1. The van der Waals surface area contributed by atoms with Gasteiger partial charge in [-0.2, -0.15) is 0 Å². The van der Waals surface area contributed by atoms with E-state index in [0.717, 1.165) is 11.5 Å². The molecule has 1 atom stereocenters. The zero-order valence-electron chi connectivity index (χ0n) is 10.7. The summed E-state index contributed by atoms with van der Waals surface area (Å²) in [6.07, 6.45) is 4.39. The standard InChI is InChI=1S/C14H18N4/c1-12(17-9-5-6-10-17)14-16-15-11-18(14)13-7-3-2-4-8-13/h2-4,7-8,11-12H,5-6,9-10H2,1H3. The summed E-state index contributed by atoms with van der Waals surface area (Å²) < 4.78 is 2.09. The number of hydrogen-bond acceptors (Lipinski definition) is 3. The summed E-state index contributed by atoms with van der Waals surface area (Å²) >= 11 is 0. The molecule has 2 heterocycles. The van der Waals surface area contributed by atoms with Crippen LogP contribution in [0.4, 0.5) is 0 Å². The fraction of sp³-hybridized carbons (Fsp3) is 0.429. The average molecular weight is 242 g/mol. The van der Waals surface area contributed by atoms with E-state index >= 15 is 0 Å². The number of aromatic nitrogens is 3. The third-order valence-electron chi connectivity index (χ3n) is 3.67. The van der Waals surface area contributed by atoms with E-state index in [1.807, 2.05) is 18.2 Å². The van der Waals surface area contributed by atoms with Gasteiger partial charge in [-0.05, 0) is 45.0 Å². The van der Waals surface area contributed by atoms with E-state index < -0.39 is 0 Å². The zero-order valence-corrected chi connectivity index (χ0v) is 10.7. The molecule has 1 aromatic carbocycles. The van der Waals surface area contributed by atoms with Crippen LogP contribution in [0.1, 0.15) is 31.6 Å². The lowest BCUT2D eigenvalue weighted by atomic mass is 10.2. The van der Waals surface area contributed by atoms with Crippen LogP contribution in [-0.4, -0.2) is 32.8 Å². The second kappa shape index (κ2) is 4.90. The molecule has 0 bridgehead atoms. The molecule has 4 heteroatoms. The highest BCUT2D eigenvalue weighted by molar-refractivity contribution is 5.32. The molecule has 1 saturated heterocycles. The van der Waals surface area contributed by atoms with Crippen molar-refractivity contribution in [2.24, 2.45) is 0 Å². The second-order valence-corrected chi connectivity index (χ2v) is 4.81. The van der Waals surface area contributed by atoms with E-state index in [9.17, 15) is 0 Å². The van der Waals surface area contributed by atoms with Crippen molar-refractivity contribution in [3.8, 4) is 5.69 Å².